The van der Waals surface area contributed by atoms with E-state index in [1.54, 1.807) is 0 Å². The number of aryl methyl sites for hydroxylation is 1. The average Bonchev–Trinajstić information content (AvgIpc) is 3.54. The van der Waals surface area contributed by atoms with Crippen LogP contribution in [0.1, 0.15) is 5.56 Å². The van der Waals surface area contributed by atoms with Gasteiger partial charge in [-0.15, -0.1) is 0 Å². The Labute approximate surface area is 299 Å². The Morgan fingerprint density at radius 3 is 1.10 bits per heavy atom. The molecule has 0 saturated heterocycles. The Hall–Kier alpha value is -6.64. The van der Waals surface area contributed by atoms with E-state index < -0.39 is 0 Å². The van der Waals surface area contributed by atoms with E-state index in [0.29, 0.717) is 0 Å². The van der Waals surface area contributed by atoms with E-state index in [1.807, 2.05) is 0 Å². The molecular weight excluding hydrogens is 617 g/mol. The fraction of sp³-hybridized carbons (Fsp3) is 0.0204. The van der Waals surface area contributed by atoms with E-state index >= 15 is 0 Å². The van der Waals surface area contributed by atoms with Crippen LogP contribution in [0.4, 0.5) is 17.1 Å². The molecule has 242 valence electrons. The summed E-state index contributed by atoms with van der Waals surface area (Å²) in [7, 11) is 0. The van der Waals surface area contributed by atoms with Crippen molar-refractivity contribution in [1.82, 2.24) is 4.57 Å². The highest BCUT2D eigenvalue weighted by Crippen LogP contribution is 2.38. The molecule has 0 radical (unpaired) electrons. The first-order valence-corrected chi connectivity index (χ1v) is 17.5. The maximum atomic E-state index is 2.36. The maximum Gasteiger partial charge on any atom is 0.0541 e. The molecule has 2 heteroatoms. The van der Waals surface area contributed by atoms with Gasteiger partial charge in [-0.1, -0.05) is 145 Å². The van der Waals surface area contributed by atoms with Gasteiger partial charge in [0.1, 0.15) is 0 Å². The number of rotatable bonds is 7. The Balaban J connectivity index is 1.01. The van der Waals surface area contributed by atoms with E-state index in [0.717, 1.165) is 22.7 Å². The highest BCUT2D eigenvalue weighted by Gasteiger charge is 2.15. The van der Waals surface area contributed by atoms with Crippen LogP contribution in [-0.2, 0) is 0 Å². The van der Waals surface area contributed by atoms with E-state index in [4.69, 9.17) is 0 Å². The van der Waals surface area contributed by atoms with E-state index in [-0.39, 0.29) is 0 Å². The maximum absolute atomic E-state index is 2.36. The molecule has 0 fully saturated rings. The van der Waals surface area contributed by atoms with Crippen molar-refractivity contribution >= 4 is 38.9 Å². The molecule has 51 heavy (non-hydrogen) atoms. The molecule has 0 amide bonds. The summed E-state index contributed by atoms with van der Waals surface area (Å²) in [5, 5.41) is 2.55. The first-order valence-electron chi connectivity index (χ1n) is 17.5. The standard InChI is InChI=1S/C49H36N2/c1-35-15-27-42(28-16-35)50(43-29-21-39(22-30-43)38-19-17-37(18-20-38)36-9-3-2-4-10-36)44-31-23-40(24-32-44)41-25-33-45(34-26-41)51-48-13-7-5-11-46(48)47-12-6-8-14-49(47)51/h2-34H,1H3. The van der Waals surface area contributed by atoms with Gasteiger partial charge in [0.25, 0.3) is 0 Å². The van der Waals surface area contributed by atoms with E-state index in [2.05, 4.69) is 217 Å². The summed E-state index contributed by atoms with van der Waals surface area (Å²) in [6, 6.07) is 72.2. The molecule has 0 N–H and O–H groups in total. The smallest absolute Gasteiger partial charge is 0.0541 e. The Morgan fingerprint density at radius 2 is 0.647 bits per heavy atom. The number of benzene rings is 8. The van der Waals surface area contributed by atoms with Crippen molar-refractivity contribution in [1.29, 1.82) is 0 Å². The minimum Gasteiger partial charge on any atom is -0.311 e. The summed E-state index contributed by atoms with van der Waals surface area (Å²) < 4.78 is 2.36. The van der Waals surface area contributed by atoms with Crippen LogP contribution in [0.3, 0.4) is 0 Å². The van der Waals surface area contributed by atoms with Crippen LogP contribution in [0.15, 0.2) is 200 Å². The van der Waals surface area contributed by atoms with E-state index in [1.165, 1.54) is 60.8 Å². The van der Waals surface area contributed by atoms with Gasteiger partial charge in [0, 0.05) is 33.5 Å². The molecule has 0 saturated carbocycles. The van der Waals surface area contributed by atoms with Gasteiger partial charge >= 0.3 is 0 Å². The summed E-state index contributed by atoms with van der Waals surface area (Å²) in [6.45, 7) is 2.13. The number of fused-ring (bicyclic) bond motifs is 3. The van der Waals surface area contributed by atoms with Gasteiger partial charge in [0.15, 0.2) is 0 Å². The highest BCUT2D eigenvalue weighted by molar-refractivity contribution is 6.09. The molecule has 0 aliphatic carbocycles. The number of para-hydroxylation sites is 2. The van der Waals surface area contributed by atoms with Crippen molar-refractivity contribution in [3.63, 3.8) is 0 Å². The van der Waals surface area contributed by atoms with Crippen LogP contribution in [-0.4, -0.2) is 4.57 Å². The van der Waals surface area contributed by atoms with Crippen molar-refractivity contribution in [2.24, 2.45) is 0 Å². The minimum atomic E-state index is 1.12. The Kier molecular flexibility index (Phi) is 7.75. The zero-order valence-corrected chi connectivity index (χ0v) is 28.4. The summed E-state index contributed by atoms with van der Waals surface area (Å²) in [4.78, 5) is 2.33. The SMILES string of the molecule is Cc1ccc(N(c2ccc(-c3ccc(-c4ccccc4)cc3)cc2)c2ccc(-c3ccc(-n4c5ccccc5c5ccccc54)cc3)cc2)cc1. The van der Waals surface area contributed by atoms with Crippen molar-refractivity contribution in [3.8, 4) is 39.1 Å². The van der Waals surface area contributed by atoms with Gasteiger partial charge in [0.2, 0.25) is 0 Å². The molecule has 0 bridgehead atoms. The molecule has 9 aromatic rings. The highest BCUT2D eigenvalue weighted by atomic mass is 15.1. The quantitative estimate of drug-likeness (QED) is 0.166. The summed E-state index contributed by atoms with van der Waals surface area (Å²) in [6.07, 6.45) is 0. The Morgan fingerprint density at radius 1 is 0.314 bits per heavy atom. The number of hydrogen-bond acceptors (Lipinski definition) is 1. The first kappa shape index (κ1) is 30.4. The molecule has 0 aliphatic rings. The second kappa shape index (κ2) is 13.0. The number of aromatic nitrogens is 1. The summed E-state index contributed by atoms with van der Waals surface area (Å²) in [5.41, 5.74) is 15.4. The third-order valence-electron chi connectivity index (χ3n) is 9.91. The lowest BCUT2D eigenvalue weighted by Crippen LogP contribution is -2.09. The molecule has 1 aromatic heterocycles. The fourth-order valence-electron chi connectivity index (χ4n) is 7.24. The van der Waals surface area contributed by atoms with Crippen LogP contribution in [0, 0.1) is 6.92 Å². The minimum absolute atomic E-state index is 1.12. The van der Waals surface area contributed by atoms with Gasteiger partial charge in [-0.3, -0.25) is 0 Å². The van der Waals surface area contributed by atoms with Crippen LogP contribution >= 0.6 is 0 Å². The second-order valence-corrected chi connectivity index (χ2v) is 13.1. The number of nitrogens with zero attached hydrogens (tertiary/aromatic N) is 2. The van der Waals surface area contributed by atoms with Gasteiger partial charge in [-0.25, -0.2) is 0 Å². The van der Waals surface area contributed by atoms with Crippen LogP contribution in [0.5, 0.6) is 0 Å². The zero-order chi connectivity index (χ0) is 34.1. The first-order chi connectivity index (χ1) is 25.2. The molecule has 0 aliphatic heterocycles. The molecule has 1 heterocycles. The van der Waals surface area contributed by atoms with Crippen LogP contribution in [0.25, 0.3) is 60.9 Å². The van der Waals surface area contributed by atoms with Crippen LogP contribution < -0.4 is 4.90 Å². The normalized spacial score (nSPS) is 11.2. The van der Waals surface area contributed by atoms with Gasteiger partial charge in [-0.2, -0.15) is 0 Å². The predicted molar refractivity (Wildman–Crippen MR) is 217 cm³/mol. The molecule has 0 atom stereocenters. The third-order valence-corrected chi connectivity index (χ3v) is 9.91. The van der Waals surface area contributed by atoms with Crippen LogP contribution in [0.2, 0.25) is 0 Å². The molecule has 0 unspecified atom stereocenters. The molecule has 0 spiro atoms. The fourth-order valence-corrected chi connectivity index (χ4v) is 7.24. The van der Waals surface area contributed by atoms with Gasteiger partial charge in [0.05, 0.1) is 11.0 Å². The summed E-state index contributed by atoms with van der Waals surface area (Å²) in [5.74, 6) is 0. The van der Waals surface area contributed by atoms with E-state index in [9.17, 15) is 0 Å². The van der Waals surface area contributed by atoms with Crippen molar-refractivity contribution in [2.45, 2.75) is 6.92 Å². The summed E-state index contributed by atoms with van der Waals surface area (Å²) >= 11 is 0. The molecule has 9 rings (SSSR count). The lowest BCUT2D eigenvalue weighted by Gasteiger charge is -2.26. The number of hydrogen-bond donors (Lipinski definition) is 0. The van der Waals surface area contributed by atoms with Crippen molar-refractivity contribution in [2.75, 3.05) is 4.90 Å². The van der Waals surface area contributed by atoms with Crippen molar-refractivity contribution < 1.29 is 0 Å². The second-order valence-electron chi connectivity index (χ2n) is 13.1. The lowest BCUT2D eigenvalue weighted by atomic mass is 10.00. The molecular formula is C49H36N2. The third kappa shape index (κ3) is 5.77. The monoisotopic (exact) mass is 652 g/mol. The molecule has 8 aromatic carbocycles. The van der Waals surface area contributed by atoms with Crippen molar-refractivity contribution in [3.05, 3.63) is 206 Å². The lowest BCUT2D eigenvalue weighted by molar-refractivity contribution is 1.18. The average molecular weight is 653 g/mol. The van der Waals surface area contributed by atoms with Gasteiger partial charge < -0.3 is 9.47 Å². The zero-order valence-electron chi connectivity index (χ0n) is 28.4. The number of anilines is 3. The largest absolute Gasteiger partial charge is 0.311 e. The predicted octanol–water partition coefficient (Wildman–Crippen LogP) is 13.6. The van der Waals surface area contributed by atoms with Gasteiger partial charge in [-0.05, 0) is 101 Å². The molecule has 2 nitrogen and oxygen atoms in total. The Bertz CT molecular complexity index is 2530. The topological polar surface area (TPSA) is 8.17 Å².